The van der Waals surface area contributed by atoms with E-state index in [2.05, 4.69) is 25.6 Å². The number of hydrogen-bond donors (Lipinski definition) is 2. The largest absolute Gasteiger partial charge is 0.444 e. The Morgan fingerprint density at radius 2 is 1.90 bits per heavy atom. The van der Waals surface area contributed by atoms with E-state index in [1.54, 1.807) is 0 Å². The van der Waals surface area contributed by atoms with Crippen molar-refractivity contribution >= 4 is 45.5 Å². The maximum atomic E-state index is 13.2. The van der Waals surface area contributed by atoms with E-state index >= 15 is 0 Å². The van der Waals surface area contributed by atoms with Crippen LogP contribution in [0.2, 0.25) is 0 Å². The number of alkyl halides is 2. The molecule has 2 aromatic heterocycles. The second-order valence-electron chi connectivity index (χ2n) is 8.04. The first-order chi connectivity index (χ1) is 13.6. The van der Waals surface area contributed by atoms with E-state index in [0.29, 0.717) is 15.0 Å². The number of alkyl carbamates (subject to hydrolysis) is 1. The first-order valence-corrected chi connectivity index (χ1v) is 10.6. The monoisotopic (exact) mass is 519 g/mol. The average molecular weight is 519 g/mol. The molecule has 0 aromatic carbocycles. The lowest BCUT2D eigenvalue weighted by molar-refractivity contribution is 0.0488. The van der Waals surface area contributed by atoms with E-state index in [1.165, 1.54) is 12.4 Å². The van der Waals surface area contributed by atoms with Crippen molar-refractivity contribution in [1.82, 2.24) is 20.3 Å². The van der Waals surface area contributed by atoms with Crippen molar-refractivity contribution < 1.29 is 18.3 Å². The van der Waals surface area contributed by atoms with Crippen LogP contribution in [-0.4, -0.2) is 38.7 Å². The number of hydrogen-bond acceptors (Lipinski definition) is 6. The molecule has 2 atom stereocenters. The van der Waals surface area contributed by atoms with E-state index in [9.17, 15) is 13.6 Å². The van der Waals surface area contributed by atoms with E-state index in [4.69, 9.17) is 4.74 Å². The molecule has 2 heterocycles. The molecule has 0 radical (unpaired) electrons. The summed E-state index contributed by atoms with van der Waals surface area (Å²) < 4.78 is 32.4. The molecule has 7 nitrogen and oxygen atoms in total. The number of aromatic nitrogens is 3. The Morgan fingerprint density at radius 1 is 1.21 bits per heavy atom. The highest BCUT2D eigenvalue weighted by atomic mass is 127. The van der Waals surface area contributed by atoms with Gasteiger partial charge in [0.2, 0.25) is 5.95 Å². The molecule has 29 heavy (non-hydrogen) atoms. The molecule has 3 rings (SSSR count). The van der Waals surface area contributed by atoms with Gasteiger partial charge in [-0.2, -0.15) is 0 Å². The number of fused-ring (bicyclic) bond motifs is 1. The van der Waals surface area contributed by atoms with Crippen LogP contribution < -0.4 is 10.6 Å². The molecular weight excluding hydrogens is 495 g/mol. The van der Waals surface area contributed by atoms with Crippen molar-refractivity contribution in [1.29, 1.82) is 0 Å². The van der Waals surface area contributed by atoms with Gasteiger partial charge in [-0.3, -0.25) is 4.98 Å². The zero-order chi connectivity index (χ0) is 21.2. The van der Waals surface area contributed by atoms with Gasteiger partial charge in [-0.05, 0) is 56.2 Å². The summed E-state index contributed by atoms with van der Waals surface area (Å²) in [7, 11) is 0. The summed E-state index contributed by atoms with van der Waals surface area (Å²) in [6, 6.07) is -0.214. The van der Waals surface area contributed by atoms with Crippen molar-refractivity contribution in [2.24, 2.45) is 0 Å². The highest BCUT2D eigenvalue weighted by molar-refractivity contribution is 14.1. The molecule has 1 aliphatic rings. The van der Waals surface area contributed by atoms with Gasteiger partial charge in [0, 0.05) is 23.8 Å². The Balaban J connectivity index is 1.79. The zero-order valence-corrected chi connectivity index (χ0v) is 18.7. The quantitative estimate of drug-likeness (QED) is 0.564. The van der Waals surface area contributed by atoms with Gasteiger partial charge in [-0.1, -0.05) is 12.8 Å². The Kier molecular flexibility index (Phi) is 6.69. The minimum atomic E-state index is -2.70. The molecule has 0 spiro atoms. The average Bonchev–Trinajstić information content (AvgIpc) is 2.62. The molecule has 1 aliphatic carbocycles. The van der Waals surface area contributed by atoms with Gasteiger partial charge in [0.1, 0.15) is 11.3 Å². The van der Waals surface area contributed by atoms with Crippen LogP contribution in [0.25, 0.3) is 10.9 Å². The maximum Gasteiger partial charge on any atom is 0.407 e. The van der Waals surface area contributed by atoms with Crippen LogP contribution in [-0.2, 0) is 4.74 Å². The molecule has 158 valence electrons. The number of anilines is 1. The number of pyridine rings is 1. The molecule has 1 amide bonds. The van der Waals surface area contributed by atoms with Gasteiger partial charge in [-0.25, -0.2) is 23.5 Å². The number of halogens is 3. The van der Waals surface area contributed by atoms with E-state index in [-0.39, 0.29) is 23.2 Å². The lowest BCUT2D eigenvalue weighted by Crippen LogP contribution is -2.50. The smallest absolute Gasteiger partial charge is 0.407 e. The van der Waals surface area contributed by atoms with Gasteiger partial charge >= 0.3 is 6.09 Å². The lowest BCUT2D eigenvalue weighted by Gasteiger charge is -2.33. The van der Waals surface area contributed by atoms with Crippen molar-refractivity contribution in [2.75, 3.05) is 5.32 Å². The number of carbonyl (C=O) groups is 1. The summed E-state index contributed by atoms with van der Waals surface area (Å²) in [6.45, 7) is 5.45. The Hall–Kier alpha value is -1.85. The third kappa shape index (κ3) is 5.61. The van der Waals surface area contributed by atoms with E-state index in [0.717, 1.165) is 25.7 Å². The fourth-order valence-corrected chi connectivity index (χ4v) is 3.90. The SMILES string of the molecule is CC(C)(C)OC(=O)NC1CCCC[C@H]1Nc1ncc2c(C(F)F)ncc(I)c2n1. The zero-order valence-electron chi connectivity index (χ0n) is 16.5. The van der Waals surface area contributed by atoms with Crippen LogP contribution >= 0.6 is 22.6 Å². The van der Waals surface area contributed by atoms with Crippen molar-refractivity contribution in [3.63, 3.8) is 0 Å². The van der Waals surface area contributed by atoms with Crippen molar-refractivity contribution in [2.45, 2.75) is 70.6 Å². The normalized spacial score (nSPS) is 20.0. The van der Waals surface area contributed by atoms with Crippen LogP contribution in [0.1, 0.15) is 58.6 Å². The minimum absolute atomic E-state index is 0.0808. The van der Waals surface area contributed by atoms with Gasteiger partial charge in [-0.15, -0.1) is 0 Å². The highest BCUT2D eigenvalue weighted by Gasteiger charge is 2.29. The molecule has 0 bridgehead atoms. The number of amides is 1. The summed E-state index contributed by atoms with van der Waals surface area (Å²) >= 11 is 2.02. The highest BCUT2D eigenvalue weighted by Crippen LogP contribution is 2.28. The predicted octanol–water partition coefficient (Wildman–Crippen LogP) is 4.81. The number of ether oxygens (including phenoxy) is 1. The molecule has 1 saturated carbocycles. The third-order valence-electron chi connectivity index (χ3n) is 4.60. The number of nitrogens with one attached hydrogen (secondary N) is 2. The van der Waals surface area contributed by atoms with Crippen LogP contribution in [0.3, 0.4) is 0 Å². The summed E-state index contributed by atoms with van der Waals surface area (Å²) in [5.74, 6) is 0.338. The van der Waals surface area contributed by atoms with E-state index in [1.807, 2.05) is 43.4 Å². The van der Waals surface area contributed by atoms with Gasteiger partial charge < -0.3 is 15.4 Å². The third-order valence-corrected chi connectivity index (χ3v) is 5.39. The summed E-state index contributed by atoms with van der Waals surface area (Å²) in [4.78, 5) is 24.6. The topological polar surface area (TPSA) is 89.0 Å². The van der Waals surface area contributed by atoms with Crippen LogP contribution in [0.15, 0.2) is 12.4 Å². The molecule has 0 aliphatic heterocycles. The van der Waals surface area contributed by atoms with Crippen molar-refractivity contribution in [3.8, 4) is 0 Å². The Morgan fingerprint density at radius 3 is 2.55 bits per heavy atom. The number of rotatable bonds is 4. The fraction of sp³-hybridized carbons (Fsp3) is 0.579. The minimum Gasteiger partial charge on any atom is -0.444 e. The maximum absolute atomic E-state index is 13.2. The fourth-order valence-electron chi connectivity index (χ4n) is 3.35. The predicted molar refractivity (Wildman–Crippen MR) is 114 cm³/mol. The molecule has 2 aromatic rings. The second-order valence-corrected chi connectivity index (χ2v) is 9.20. The Labute approximate surface area is 181 Å². The van der Waals surface area contributed by atoms with Gasteiger partial charge in [0.25, 0.3) is 6.43 Å². The molecular formula is C19H24F2IN5O2. The molecule has 1 unspecified atom stereocenters. The molecule has 2 N–H and O–H groups in total. The molecule has 10 heteroatoms. The summed E-state index contributed by atoms with van der Waals surface area (Å²) in [5.41, 5.74) is -0.467. The lowest BCUT2D eigenvalue weighted by atomic mass is 9.90. The number of carbonyl (C=O) groups excluding carboxylic acids is 1. The van der Waals surface area contributed by atoms with E-state index < -0.39 is 18.1 Å². The first-order valence-electron chi connectivity index (χ1n) is 9.49. The Bertz CT molecular complexity index is 891. The van der Waals surface area contributed by atoms with Gasteiger partial charge in [0.15, 0.2) is 0 Å². The second kappa shape index (κ2) is 8.88. The molecule has 0 saturated heterocycles. The summed E-state index contributed by atoms with van der Waals surface area (Å²) in [6.07, 6.45) is 3.25. The van der Waals surface area contributed by atoms with Crippen LogP contribution in [0, 0.1) is 3.57 Å². The summed E-state index contributed by atoms with van der Waals surface area (Å²) in [5, 5.41) is 6.43. The van der Waals surface area contributed by atoms with Crippen LogP contribution in [0.4, 0.5) is 19.5 Å². The van der Waals surface area contributed by atoms with Crippen LogP contribution in [0.5, 0.6) is 0 Å². The van der Waals surface area contributed by atoms with Crippen molar-refractivity contribution in [3.05, 3.63) is 21.7 Å². The standard InChI is InChI=1S/C19H24F2IN5O2/c1-19(2,3)29-18(28)26-13-7-5-4-6-12(13)25-17-24-8-10-14(27-17)11(22)9-23-15(10)16(20)21/h8-9,12-13,16H,4-7H2,1-3H3,(H,26,28)(H,24,25,27)/t12-,13?/m1/s1. The number of nitrogens with zero attached hydrogens (tertiary/aromatic N) is 3. The van der Waals surface area contributed by atoms with Gasteiger partial charge in [0.05, 0.1) is 15.1 Å². The molecule has 1 fully saturated rings. The first kappa shape index (κ1) is 21.8.